The van der Waals surface area contributed by atoms with E-state index in [1.807, 2.05) is 18.2 Å². The number of nitrogens with two attached hydrogens (primary N) is 1. The van der Waals surface area contributed by atoms with Crippen molar-refractivity contribution < 1.29 is 5.11 Å². The summed E-state index contributed by atoms with van der Waals surface area (Å²) in [7, 11) is 0. The van der Waals surface area contributed by atoms with Gasteiger partial charge in [-0.25, -0.2) is 4.98 Å². The highest BCUT2D eigenvalue weighted by atomic mass is 16.3. The lowest BCUT2D eigenvalue weighted by molar-refractivity contribution is 0.265. The fourth-order valence-electron chi connectivity index (χ4n) is 2.09. The minimum atomic E-state index is -0.0271. The maximum atomic E-state index is 9.33. The van der Waals surface area contributed by atoms with Crippen LogP contribution in [0.1, 0.15) is 32.0 Å². The largest absolute Gasteiger partial charge is 0.399 e. The molecule has 1 heterocycles. The van der Waals surface area contributed by atoms with Crippen molar-refractivity contribution in [1.82, 2.24) is 9.55 Å². The highest BCUT2D eigenvalue weighted by Crippen LogP contribution is 2.20. The molecule has 0 aliphatic carbocycles. The Balaban J connectivity index is 2.36. The van der Waals surface area contributed by atoms with Gasteiger partial charge < -0.3 is 15.4 Å². The molecule has 0 unspecified atom stereocenters. The van der Waals surface area contributed by atoms with E-state index < -0.39 is 0 Å². The van der Waals surface area contributed by atoms with Crippen molar-refractivity contribution in [3.63, 3.8) is 0 Å². The minimum absolute atomic E-state index is 0.0271. The highest BCUT2D eigenvalue weighted by molar-refractivity contribution is 5.79. The van der Waals surface area contributed by atoms with Gasteiger partial charge in [-0.05, 0) is 24.6 Å². The summed E-state index contributed by atoms with van der Waals surface area (Å²) >= 11 is 0. The van der Waals surface area contributed by atoms with Crippen molar-refractivity contribution in [2.75, 3.05) is 5.73 Å². The molecule has 0 bridgehead atoms. The lowest BCUT2D eigenvalue weighted by atomic mass is 10.2. The third-order valence-electron chi connectivity index (χ3n) is 2.98. The molecule has 0 saturated heterocycles. The minimum Gasteiger partial charge on any atom is -0.399 e. The molecule has 0 radical (unpaired) electrons. The Bertz CT molecular complexity index is 505. The lowest BCUT2D eigenvalue weighted by Gasteiger charge is -2.07. The summed E-state index contributed by atoms with van der Waals surface area (Å²) in [5.74, 6) is 0.724. The van der Waals surface area contributed by atoms with E-state index in [2.05, 4.69) is 16.5 Å². The van der Waals surface area contributed by atoms with Crippen molar-refractivity contribution in [2.45, 2.75) is 39.3 Å². The van der Waals surface area contributed by atoms with E-state index in [1.54, 1.807) is 0 Å². The lowest BCUT2D eigenvalue weighted by Crippen LogP contribution is -2.03. The van der Waals surface area contributed by atoms with Gasteiger partial charge in [-0.3, -0.25) is 0 Å². The van der Waals surface area contributed by atoms with Gasteiger partial charge in [-0.15, -0.1) is 0 Å². The van der Waals surface area contributed by atoms with Crippen LogP contribution in [-0.2, 0) is 13.2 Å². The molecule has 0 amide bonds. The zero-order chi connectivity index (χ0) is 12.3. The van der Waals surface area contributed by atoms with Crippen LogP contribution in [0, 0.1) is 0 Å². The van der Waals surface area contributed by atoms with Gasteiger partial charge in [0.25, 0.3) is 0 Å². The maximum absolute atomic E-state index is 9.33. The molecule has 3 N–H and O–H groups in total. The van der Waals surface area contributed by atoms with Crippen LogP contribution in [-0.4, -0.2) is 14.7 Å². The van der Waals surface area contributed by atoms with Crippen molar-refractivity contribution in [3.8, 4) is 0 Å². The number of imidazole rings is 1. The number of nitrogen functional groups attached to an aromatic ring is 1. The number of fused-ring (bicyclic) bond motifs is 1. The van der Waals surface area contributed by atoms with Gasteiger partial charge in [0.2, 0.25) is 0 Å². The number of anilines is 1. The molecule has 1 aromatic heterocycles. The van der Waals surface area contributed by atoms with E-state index >= 15 is 0 Å². The third-order valence-corrected chi connectivity index (χ3v) is 2.98. The quantitative estimate of drug-likeness (QED) is 0.615. The molecule has 2 aromatic rings. The molecule has 0 aliphatic rings. The highest BCUT2D eigenvalue weighted by Gasteiger charge is 2.09. The smallest absolute Gasteiger partial charge is 0.135 e. The molecule has 4 nitrogen and oxygen atoms in total. The second-order valence-corrected chi connectivity index (χ2v) is 4.29. The second kappa shape index (κ2) is 5.19. The molecule has 0 saturated carbocycles. The number of aliphatic hydroxyl groups is 1. The molecule has 17 heavy (non-hydrogen) atoms. The van der Waals surface area contributed by atoms with Gasteiger partial charge >= 0.3 is 0 Å². The zero-order valence-corrected chi connectivity index (χ0v) is 10.2. The van der Waals surface area contributed by atoms with E-state index in [0.29, 0.717) is 5.69 Å². The average Bonchev–Trinajstić information content (AvgIpc) is 2.67. The molecule has 0 fully saturated rings. The van der Waals surface area contributed by atoms with Gasteiger partial charge in [0.15, 0.2) is 0 Å². The van der Waals surface area contributed by atoms with Crippen LogP contribution >= 0.6 is 0 Å². The standard InChI is InChI=1S/C13H19N3O/c1-2-3-4-7-16-12-6-5-10(14)8-11(12)15-13(16)9-17/h5-6,8,17H,2-4,7,9,14H2,1H3. The first-order chi connectivity index (χ1) is 8.26. The summed E-state index contributed by atoms with van der Waals surface area (Å²) in [4.78, 5) is 4.40. The van der Waals surface area contributed by atoms with Crippen molar-refractivity contribution in [2.24, 2.45) is 0 Å². The summed E-state index contributed by atoms with van der Waals surface area (Å²) in [6, 6.07) is 5.70. The summed E-state index contributed by atoms with van der Waals surface area (Å²) in [5, 5.41) is 9.33. The normalized spacial score (nSPS) is 11.2. The fraction of sp³-hybridized carbons (Fsp3) is 0.462. The SMILES string of the molecule is CCCCCn1c(CO)nc2cc(N)ccc21. The first-order valence-corrected chi connectivity index (χ1v) is 6.11. The number of hydrogen-bond acceptors (Lipinski definition) is 3. The molecular weight excluding hydrogens is 214 g/mol. The van der Waals surface area contributed by atoms with Gasteiger partial charge in [0.1, 0.15) is 12.4 Å². The van der Waals surface area contributed by atoms with Crippen molar-refractivity contribution in [1.29, 1.82) is 0 Å². The van der Waals surface area contributed by atoms with E-state index in [1.165, 1.54) is 12.8 Å². The number of aryl methyl sites for hydroxylation is 1. The van der Waals surface area contributed by atoms with Gasteiger partial charge in [-0.2, -0.15) is 0 Å². The van der Waals surface area contributed by atoms with Crippen molar-refractivity contribution >= 4 is 16.7 Å². The number of unbranched alkanes of at least 4 members (excludes halogenated alkanes) is 2. The Morgan fingerprint density at radius 1 is 1.35 bits per heavy atom. The van der Waals surface area contributed by atoms with E-state index in [-0.39, 0.29) is 6.61 Å². The van der Waals surface area contributed by atoms with E-state index in [0.717, 1.165) is 29.8 Å². The Morgan fingerprint density at radius 3 is 2.88 bits per heavy atom. The first kappa shape index (κ1) is 11.9. The summed E-state index contributed by atoms with van der Waals surface area (Å²) in [6.07, 6.45) is 3.49. The van der Waals surface area contributed by atoms with Crippen LogP contribution in [0.5, 0.6) is 0 Å². The number of benzene rings is 1. The predicted molar refractivity (Wildman–Crippen MR) is 69.6 cm³/mol. The van der Waals surface area contributed by atoms with Gasteiger partial charge in [-0.1, -0.05) is 19.8 Å². The van der Waals surface area contributed by atoms with Gasteiger partial charge in [0.05, 0.1) is 11.0 Å². The van der Waals surface area contributed by atoms with E-state index in [4.69, 9.17) is 5.73 Å². The third kappa shape index (κ3) is 2.42. The molecule has 0 aliphatic heterocycles. The number of rotatable bonds is 5. The van der Waals surface area contributed by atoms with Gasteiger partial charge in [0, 0.05) is 12.2 Å². The molecule has 2 rings (SSSR count). The van der Waals surface area contributed by atoms with Crippen molar-refractivity contribution in [3.05, 3.63) is 24.0 Å². The number of aliphatic hydroxyl groups excluding tert-OH is 1. The number of hydrogen-bond donors (Lipinski definition) is 2. The molecule has 4 heteroatoms. The molecule has 0 spiro atoms. The monoisotopic (exact) mass is 233 g/mol. The van der Waals surface area contributed by atoms with Crippen LogP contribution in [0.2, 0.25) is 0 Å². The molecule has 1 aromatic carbocycles. The van der Waals surface area contributed by atoms with Crippen LogP contribution < -0.4 is 5.73 Å². The Hall–Kier alpha value is -1.55. The average molecular weight is 233 g/mol. The van der Waals surface area contributed by atoms with Crippen LogP contribution in [0.25, 0.3) is 11.0 Å². The first-order valence-electron chi connectivity index (χ1n) is 6.11. The topological polar surface area (TPSA) is 64.1 Å². The maximum Gasteiger partial charge on any atom is 0.135 e. The molecular formula is C13H19N3O. The Kier molecular flexibility index (Phi) is 3.64. The van der Waals surface area contributed by atoms with E-state index in [9.17, 15) is 5.11 Å². The fourth-order valence-corrected chi connectivity index (χ4v) is 2.09. The summed E-state index contributed by atoms with van der Waals surface area (Å²) < 4.78 is 2.09. The summed E-state index contributed by atoms with van der Waals surface area (Å²) in [5.41, 5.74) is 8.36. The van der Waals surface area contributed by atoms with Crippen LogP contribution in [0.3, 0.4) is 0 Å². The number of aromatic nitrogens is 2. The second-order valence-electron chi connectivity index (χ2n) is 4.29. The number of nitrogens with zero attached hydrogens (tertiary/aromatic N) is 2. The molecule has 0 atom stereocenters. The predicted octanol–water partition coefficient (Wildman–Crippen LogP) is 2.30. The Labute approximate surface area is 101 Å². The Morgan fingerprint density at radius 2 is 2.18 bits per heavy atom. The molecule has 92 valence electrons. The van der Waals surface area contributed by atoms with Crippen LogP contribution in [0.4, 0.5) is 5.69 Å². The van der Waals surface area contributed by atoms with Crippen LogP contribution in [0.15, 0.2) is 18.2 Å². The summed E-state index contributed by atoms with van der Waals surface area (Å²) in [6.45, 7) is 3.06. The zero-order valence-electron chi connectivity index (χ0n) is 10.2.